The van der Waals surface area contributed by atoms with Crippen molar-refractivity contribution in [3.63, 3.8) is 0 Å². The van der Waals surface area contributed by atoms with Crippen LogP contribution in [0.2, 0.25) is 5.02 Å². The van der Waals surface area contributed by atoms with Gasteiger partial charge in [-0.1, -0.05) is 35.9 Å². The number of likely N-dealkylation sites (tertiary alicyclic amines) is 1. The third kappa shape index (κ3) is 4.48. The van der Waals surface area contributed by atoms with Crippen molar-refractivity contribution < 1.29 is 19.4 Å². The summed E-state index contributed by atoms with van der Waals surface area (Å²) < 4.78 is 14.8. The second kappa shape index (κ2) is 9.60. The van der Waals surface area contributed by atoms with E-state index in [2.05, 4.69) is 22.0 Å². The van der Waals surface area contributed by atoms with Gasteiger partial charge in [-0.05, 0) is 74.7 Å². The van der Waals surface area contributed by atoms with Crippen molar-refractivity contribution >= 4 is 28.7 Å². The summed E-state index contributed by atoms with van der Waals surface area (Å²) in [5.74, 6) is 1.85. The van der Waals surface area contributed by atoms with Crippen molar-refractivity contribution in [3.05, 3.63) is 82.3 Å². The van der Waals surface area contributed by atoms with E-state index in [1.807, 2.05) is 48.9 Å². The topological polar surface area (TPSA) is 89.7 Å². The Kier molecular flexibility index (Phi) is 6.24. The molecule has 0 spiro atoms. The Morgan fingerprint density at radius 1 is 1.11 bits per heavy atom. The van der Waals surface area contributed by atoms with E-state index in [-0.39, 0.29) is 5.69 Å². The van der Waals surface area contributed by atoms with E-state index in [1.165, 1.54) is 11.6 Å². The van der Waals surface area contributed by atoms with Crippen LogP contribution in [0.15, 0.2) is 54.6 Å². The molecule has 4 heterocycles. The van der Waals surface area contributed by atoms with Gasteiger partial charge in [-0.15, -0.1) is 0 Å². The number of hydrogen-bond acceptors (Lipinski definition) is 6. The summed E-state index contributed by atoms with van der Waals surface area (Å²) in [7, 11) is 1.89. The number of rotatable bonds is 5. The number of nitrogens with zero attached hydrogens (tertiary/aromatic N) is 4. The minimum absolute atomic E-state index is 0.0266. The van der Waals surface area contributed by atoms with Gasteiger partial charge >= 0.3 is 5.97 Å². The molecule has 0 aliphatic carbocycles. The van der Waals surface area contributed by atoms with Gasteiger partial charge in [-0.2, -0.15) is 0 Å². The summed E-state index contributed by atoms with van der Waals surface area (Å²) in [6.45, 7) is 5.02. The lowest BCUT2D eigenvalue weighted by Crippen LogP contribution is -2.40. The van der Waals surface area contributed by atoms with Gasteiger partial charge in [0.2, 0.25) is 0 Å². The Hall–Kier alpha value is -3.62. The maximum Gasteiger partial charge on any atom is 0.354 e. The zero-order valence-electron chi connectivity index (χ0n) is 21.4. The maximum absolute atomic E-state index is 11.3. The van der Waals surface area contributed by atoms with Crippen LogP contribution < -0.4 is 9.47 Å². The van der Waals surface area contributed by atoms with Gasteiger partial charge < -0.3 is 19.1 Å². The van der Waals surface area contributed by atoms with E-state index < -0.39 is 11.6 Å². The van der Waals surface area contributed by atoms with Crippen molar-refractivity contribution in [3.8, 4) is 11.5 Å². The number of para-hydroxylation sites is 1. The second-order valence-corrected chi connectivity index (χ2v) is 10.7. The molecule has 6 rings (SSSR count). The number of hydrogen-bond donors (Lipinski definition) is 1. The van der Waals surface area contributed by atoms with Gasteiger partial charge in [0, 0.05) is 17.6 Å². The number of carboxylic acids is 1. The number of imidazole rings is 1. The fourth-order valence-corrected chi connectivity index (χ4v) is 5.62. The van der Waals surface area contributed by atoms with E-state index in [9.17, 15) is 9.90 Å². The minimum atomic E-state index is -1.04. The summed E-state index contributed by atoms with van der Waals surface area (Å²) in [6, 6.07) is 17.1. The van der Waals surface area contributed by atoms with Gasteiger partial charge in [0.05, 0.1) is 6.54 Å². The molecule has 1 unspecified atom stereocenters. The lowest BCUT2D eigenvalue weighted by Gasteiger charge is -2.38. The monoisotopic (exact) mass is 532 g/mol. The van der Waals surface area contributed by atoms with Crippen LogP contribution in [-0.4, -0.2) is 50.2 Å². The Balaban J connectivity index is 1.14. The van der Waals surface area contributed by atoms with Crippen molar-refractivity contribution in [2.45, 2.75) is 37.8 Å². The highest BCUT2D eigenvalue weighted by molar-refractivity contribution is 6.30. The first kappa shape index (κ1) is 24.7. The van der Waals surface area contributed by atoms with E-state index in [4.69, 9.17) is 26.1 Å². The van der Waals surface area contributed by atoms with Crippen molar-refractivity contribution in [2.24, 2.45) is 7.05 Å². The van der Waals surface area contributed by atoms with Gasteiger partial charge in [-0.3, -0.25) is 4.90 Å². The number of pyridine rings is 1. The quantitative estimate of drug-likeness (QED) is 0.369. The smallest absolute Gasteiger partial charge is 0.354 e. The van der Waals surface area contributed by atoms with Crippen LogP contribution in [0.5, 0.6) is 11.5 Å². The average Bonchev–Trinajstić information content (AvgIpc) is 3.23. The first-order chi connectivity index (χ1) is 18.3. The number of aryl methyl sites for hydroxylation is 1. The van der Waals surface area contributed by atoms with Gasteiger partial charge in [0.25, 0.3) is 0 Å². The molecule has 1 atom stereocenters. The number of ether oxygens (including phenoxy) is 2. The third-order valence-electron chi connectivity index (χ3n) is 7.71. The molecule has 2 aromatic heterocycles. The predicted molar refractivity (Wildman–Crippen MR) is 144 cm³/mol. The Morgan fingerprint density at radius 3 is 2.61 bits per heavy atom. The lowest BCUT2D eigenvalue weighted by molar-refractivity contribution is 0.00133. The number of halogens is 1. The van der Waals surface area contributed by atoms with Gasteiger partial charge in [-0.25, -0.2) is 14.8 Å². The largest absolute Gasteiger partial charge is 0.485 e. The minimum Gasteiger partial charge on any atom is -0.485 e. The number of carbonyl (C=O) groups is 1. The Bertz CT molecular complexity index is 1510. The van der Waals surface area contributed by atoms with Crippen LogP contribution in [0, 0.1) is 0 Å². The number of aromatic carboxylic acids is 1. The predicted octanol–water partition coefficient (Wildman–Crippen LogP) is 5.39. The van der Waals surface area contributed by atoms with E-state index in [0.717, 1.165) is 48.8 Å². The number of carboxylic acid groups (broad SMARTS) is 1. The second-order valence-electron chi connectivity index (χ2n) is 10.3. The molecule has 38 heavy (non-hydrogen) atoms. The molecule has 1 saturated heterocycles. The SMILES string of the molecule is Cn1c(CN2CCC(c3cccc4c3OCC(C)(c3ccc(Cl)cc3)O4)CC2)nc2ccc(C(=O)O)nc21. The van der Waals surface area contributed by atoms with Crippen molar-refractivity contribution in [2.75, 3.05) is 19.7 Å². The average molecular weight is 533 g/mol. The summed E-state index contributed by atoms with van der Waals surface area (Å²) >= 11 is 6.08. The maximum atomic E-state index is 11.3. The Labute approximate surface area is 225 Å². The molecule has 9 heteroatoms. The summed E-state index contributed by atoms with van der Waals surface area (Å²) in [5.41, 5.74) is 2.98. The molecule has 2 aliphatic heterocycles. The molecule has 1 N–H and O–H groups in total. The first-order valence-electron chi connectivity index (χ1n) is 12.8. The zero-order valence-corrected chi connectivity index (χ0v) is 22.1. The molecule has 1 fully saturated rings. The molecule has 2 aliphatic rings. The molecule has 4 aromatic rings. The van der Waals surface area contributed by atoms with E-state index in [1.54, 1.807) is 6.07 Å². The highest BCUT2D eigenvalue weighted by atomic mass is 35.5. The first-order valence-corrected chi connectivity index (χ1v) is 13.2. The van der Waals surface area contributed by atoms with Crippen LogP contribution in [0.25, 0.3) is 11.2 Å². The van der Waals surface area contributed by atoms with Crippen molar-refractivity contribution in [1.29, 1.82) is 0 Å². The van der Waals surface area contributed by atoms with Crippen LogP contribution in [0.3, 0.4) is 0 Å². The fraction of sp³-hybridized carbons (Fsp3) is 0.345. The number of benzene rings is 2. The molecule has 0 radical (unpaired) electrons. The lowest BCUT2D eigenvalue weighted by atomic mass is 9.88. The van der Waals surface area contributed by atoms with Gasteiger partial charge in [0.15, 0.2) is 28.4 Å². The normalized spacial score (nSPS) is 20.1. The standard InChI is InChI=1S/C29H29ClN4O4/c1-29(19-6-8-20(30)9-7-19)17-37-26-21(4-3-5-24(26)38-29)18-12-14-34(15-13-18)16-25-31-22-10-11-23(28(35)36)32-27(22)33(25)2/h3-11,18H,12-17H2,1-2H3,(H,35,36). The fourth-order valence-electron chi connectivity index (χ4n) is 5.49. The molecule has 8 nitrogen and oxygen atoms in total. The van der Waals surface area contributed by atoms with Crippen LogP contribution in [0.1, 0.15) is 53.1 Å². The number of fused-ring (bicyclic) bond motifs is 2. The molecular formula is C29H29ClN4O4. The highest BCUT2D eigenvalue weighted by Gasteiger charge is 2.37. The Morgan fingerprint density at radius 2 is 1.87 bits per heavy atom. The van der Waals surface area contributed by atoms with Crippen LogP contribution >= 0.6 is 11.6 Å². The summed E-state index contributed by atoms with van der Waals surface area (Å²) in [5, 5.41) is 9.96. The molecule has 0 amide bonds. The summed E-state index contributed by atoms with van der Waals surface area (Å²) in [6.07, 6.45) is 2.00. The molecule has 196 valence electrons. The molecule has 0 saturated carbocycles. The van der Waals surface area contributed by atoms with Crippen LogP contribution in [0.4, 0.5) is 0 Å². The van der Waals surface area contributed by atoms with Crippen LogP contribution in [-0.2, 0) is 19.2 Å². The highest BCUT2D eigenvalue weighted by Crippen LogP contribution is 2.46. The third-order valence-corrected chi connectivity index (χ3v) is 7.96. The number of piperidine rings is 1. The van der Waals surface area contributed by atoms with E-state index >= 15 is 0 Å². The van der Waals surface area contributed by atoms with E-state index in [0.29, 0.717) is 35.3 Å². The number of aromatic nitrogens is 3. The molecule has 0 bridgehead atoms. The molecule has 2 aromatic carbocycles. The summed E-state index contributed by atoms with van der Waals surface area (Å²) in [4.78, 5) is 22.7. The van der Waals surface area contributed by atoms with Crippen molar-refractivity contribution in [1.82, 2.24) is 19.4 Å². The zero-order chi connectivity index (χ0) is 26.4. The van der Waals surface area contributed by atoms with Gasteiger partial charge in [0.1, 0.15) is 17.9 Å². The molecular weight excluding hydrogens is 504 g/mol.